The Morgan fingerprint density at radius 1 is 1.10 bits per heavy atom. The first-order valence-electron chi connectivity index (χ1n) is 13.8. The molecule has 3 rings (SSSR count). The lowest BCUT2D eigenvalue weighted by Crippen LogP contribution is -2.24. The van der Waals surface area contributed by atoms with Crippen LogP contribution in [0.1, 0.15) is 54.1 Å². The van der Waals surface area contributed by atoms with Gasteiger partial charge in [-0.3, -0.25) is 14.4 Å². The number of carbonyl (C=O) groups excluding carboxylic acids is 3. The minimum absolute atomic E-state index is 0.0464. The molecule has 2 N–H and O–H groups in total. The smallest absolute Gasteiger partial charge is 0.306 e. The van der Waals surface area contributed by atoms with E-state index in [0.717, 1.165) is 22.6 Å². The number of aliphatic hydroxyl groups excluding tert-OH is 2. The van der Waals surface area contributed by atoms with Gasteiger partial charge >= 0.3 is 5.97 Å². The van der Waals surface area contributed by atoms with Gasteiger partial charge in [-0.05, 0) is 42.4 Å². The molecule has 1 fully saturated rings. The second-order valence-corrected chi connectivity index (χ2v) is 11.4. The Bertz CT molecular complexity index is 1130. The highest BCUT2D eigenvalue weighted by Crippen LogP contribution is 2.34. The van der Waals surface area contributed by atoms with Crippen molar-refractivity contribution < 1.29 is 34.1 Å². The number of ketones is 2. The molecule has 0 aliphatic heterocycles. The van der Waals surface area contributed by atoms with Gasteiger partial charge in [-0.1, -0.05) is 66.7 Å². The van der Waals surface area contributed by atoms with Crippen molar-refractivity contribution in [2.75, 3.05) is 18.6 Å². The number of benzene rings is 2. The molecule has 0 amide bonds. The van der Waals surface area contributed by atoms with Gasteiger partial charge in [-0.15, -0.1) is 0 Å². The number of Topliss-reactive ketones (excluding diaryl/α,β-unsaturated/α-hetero) is 2. The molecular weight excluding hydrogens is 528 g/mol. The van der Waals surface area contributed by atoms with E-state index >= 15 is 0 Å². The Balaban J connectivity index is 1.37. The summed E-state index contributed by atoms with van der Waals surface area (Å²) < 4.78 is 10.5. The van der Waals surface area contributed by atoms with Crippen LogP contribution in [0.25, 0.3) is 0 Å². The zero-order valence-electron chi connectivity index (χ0n) is 23.2. The molecule has 0 heterocycles. The molecule has 0 aromatic heterocycles. The Labute approximate surface area is 241 Å². The van der Waals surface area contributed by atoms with E-state index in [2.05, 4.69) is 0 Å². The number of thioether (sulfide) groups is 1. The minimum Gasteiger partial charge on any atom is -0.454 e. The zero-order valence-corrected chi connectivity index (χ0v) is 24.1. The maximum Gasteiger partial charge on any atom is 0.306 e. The highest BCUT2D eigenvalue weighted by Gasteiger charge is 2.39. The molecule has 40 heavy (non-hydrogen) atoms. The van der Waals surface area contributed by atoms with Crippen LogP contribution in [0.15, 0.2) is 66.7 Å². The molecule has 2 aromatic rings. The summed E-state index contributed by atoms with van der Waals surface area (Å²) in [5.41, 5.74) is 2.54. The van der Waals surface area contributed by atoms with E-state index in [1.165, 1.54) is 0 Å². The molecule has 0 spiro atoms. The Morgan fingerprint density at radius 2 is 1.85 bits per heavy atom. The summed E-state index contributed by atoms with van der Waals surface area (Å²) in [6.07, 6.45) is 3.21. The third-order valence-electron chi connectivity index (χ3n) is 7.01. The van der Waals surface area contributed by atoms with Crippen LogP contribution < -0.4 is 0 Å². The standard InChI is InChI=1S/C32H40O7S/c1-22(32(37)25-10-4-3-5-11-25)39-31(36)12-7-16-40-17-15-28-27(29(34)20-30(28)35)14-13-26(33)19-23-8-6-9-24(18-23)21-38-2/h3-6,8-11,13-14,18,22,26-29,33-34H,7,12,15-17,19-21H2,1-2H3/b14-13+/t22?,26-,27-,28-,29-/m1/s1. The van der Waals surface area contributed by atoms with E-state index in [1.54, 1.807) is 62.2 Å². The minimum atomic E-state index is -0.827. The van der Waals surface area contributed by atoms with Gasteiger partial charge in [0.05, 0.1) is 18.8 Å². The van der Waals surface area contributed by atoms with Crippen molar-refractivity contribution >= 4 is 29.3 Å². The number of ether oxygens (including phenoxy) is 2. The number of carbonyl (C=O) groups is 3. The predicted octanol–water partition coefficient (Wildman–Crippen LogP) is 4.58. The van der Waals surface area contributed by atoms with Crippen LogP contribution in [0.5, 0.6) is 0 Å². The summed E-state index contributed by atoms with van der Waals surface area (Å²) in [6.45, 7) is 2.09. The van der Waals surface area contributed by atoms with Gasteiger partial charge < -0.3 is 19.7 Å². The van der Waals surface area contributed by atoms with E-state index in [9.17, 15) is 24.6 Å². The lowest BCUT2D eigenvalue weighted by Gasteiger charge is -2.18. The molecule has 0 bridgehead atoms. The van der Waals surface area contributed by atoms with Crippen molar-refractivity contribution in [3.8, 4) is 0 Å². The highest BCUT2D eigenvalue weighted by atomic mass is 32.2. The first kappa shape index (κ1) is 31.7. The summed E-state index contributed by atoms with van der Waals surface area (Å²) in [6, 6.07) is 16.6. The lowest BCUT2D eigenvalue weighted by molar-refractivity contribution is -0.146. The van der Waals surface area contributed by atoms with Gasteiger partial charge in [-0.2, -0.15) is 11.8 Å². The molecule has 5 atom stereocenters. The van der Waals surface area contributed by atoms with Crippen molar-refractivity contribution in [2.24, 2.45) is 11.8 Å². The maximum atomic E-state index is 12.5. The number of esters is 1. The molecule has 0 radical (unpaired) electrons. The summed E-state index contributed by atoms with van der Waals surface area (Å²) in [4.78, 5) is 37.0. The third-order valence-corrected chi connectivity index (χ3v) is 8.12. The summed E-state index contributed by atoms with van der Waals surface area (Å²) >= 11 is 1.65. The summed E-state index contributed by atoms with van der Waals surface area (Å²) in [5.74, 6) is 0.262. The van der Waals surface area contributed by atoms with E-state index in [-0.39, 0.29) is 36.2 Å². The average molecular weight is 569 g/mol. The molecule has 216 valence electrons. The maximum absolute atomic E-state index is 12.5. The average Bonchev–Trinajstić information content (AvgIpc) is 3.21. The van der Waals surface area contributed by atoms with Crippen LogP contribution in [0, 0.1) is 11.8 Å². The topological polar surface area (TPSA) is 110 Å². The van der Waals surface area contributed by atoms with Crippen molar-refractivity contribution in [1.82, 2.24) is 0 Å². The third kappa shape index (κ3) is 10.0. The van der Waals surface area contributed by atoms with Crippen LogP contribution in [-0.4, -0.2) is 64.7 Å². The van der Waals surface area contributed by atoms with Gasteiger partial charge in [-0.25, -0.2) is 0 Å². The van der Waals surface area contributed by atoms with E-state index in [1.807, 2.05) is 30.3 Å². The largest absolute Gasteiger partial charge is 0.454 e. The molecule has 8 heteroatoms. The molecule has 1 saturated carbocycles. The first-order valence-corrected chi connectivity index (χ1v) is 14.9. The molecule has 7 nitrogen and oxygen atoms in total. The van der Waals surface area contributed by atoms with Crippen molar-refractivity contribution in [1.29, 1.82) is 0 Å². The molecule has 1 unspecified atom stereocenters. The molecule has 1 aliphatic carbocycles. The van der Waals surface area contributed by atoms with Crippen LogP contribution in [0.2, 0.25) is 0 Å². The monoisotopic (exact) mass is 568 g/mol. The summed E-state index contributed by atoms with van der Waals surface area (Å²) in [7, 11) is 1.64. The Morgan fingerprint density at radius 3 is 2.60 bits per heavy atom. The molecule has 0 saturated heterocycles. The lowest BCUT2D eigenvalue weighted by atomic mass is 9.91. The SMILES string of the molecule is COCc1cccc(C[C@H](O)/C=C/[C@H]2[C@H](O)CC(=O)[C@@H]2CCSCCCC(=O)OC(C)C(=O)c2ccccc2)c1. The molecular formula is C32H40O7S. The Hall–Kier alpha value is -2.78. The number of hydrogen-bond acceptors (Lipinski definition) is 8. The molecule has 2 aromatic carbocycles. The van der Waals surface area contributed by atoms with Gasteiger partial charge in [0.25, 0.3) is 0 Å². The zero-order chi connectivity index (χ0) is 28.9. The fraction of sp³-hybridized carbons (Fsp3) is 0.469. The van der Waals surface area contributed by atoms with Crippen molar-refractivity contribution in [2.45, 2.75) is 63.9 Å². The van der Waals surface area contributed by atoms with Gasteiger partial charge in [0.15, 0.2) is 6.10 Å². The fourth-order valence-electron chi connectivity index (χ4n) is 4.95. The highest BCUT2D eigenvalue weighted by molar-refractivity contribution is 7.99. The second kappa shape index (κ2) is 16.5. The van der Waals surface area contributed by atoms with Crippen LogP contribution >= 0.6 is 11.8 Å². The number of aliphatic hydroxyl groups is 2. The number of rotatable bonds is 16. The van der Waals surface area contributed by atoms with Crippen LogP contribution in [-0.2, 0) is 32.1 Å². The Kier molecular flexibility index (Phi) is 13.1. The van der Waals surface area contributed by atoms with E-state index in [0.29, 0.717) is 31.4 Å². The van der Waals surface area contributed by atoms with Crippen molar-refractivity contribution in [3.05, 3.63) is 83.4 Å². The number of methoxy groups -OCH3 is 1. The van der Waals surface area contributed by atoms with Crippen LogP contribution in [0.4, 0.5) is 0 Å². The fourth-order valence-corrected chi connectivity index (χ4v) is 5.92. The van der Waals surface area contributed by atoms with E-state index < -0.39 is 24.3 Å². The van der Waals surface area contributed by atoms with E-state index in [4.69, 9.17) is 9.47 Å². The van der Waals surface area contributed by atoms with Gasteiger partial charge in [0.1, 0.15) is 5.78 Å². The quantitative estimate of drug-likeness (QED) is 0.131. The van der Waals surface area contributed by atoms with Crippen molar-refractivity contribution in [3.63, 3.8) is 0 Å². The first-order chi connectivity index (χ1) is 19.3. The van der Waals surface area contributed by atoms with Gasteiger partial charge in [0, 0.05) is 43.8 Å². The van der Waals surface area contributed by atoms with Crippen LogP contribution in [0.3, 0.4) is 0 Å². The normalized spacial score (nSPS) is 20.5. The second-order valence-electron chi connectivity index (χ2n) is 10.2. The number of hydrogen-bond donors (Lipinski definition) is 2. The molecule has 1 aliphatic rings. The predicted molar refractivity (Wildman–Crippen MR) is 156 cm³/mol. The summed E-state index contributed by atoms with van der Waals surface area (Å²) in [5, 5.41) is 21.0. The van der Waals surface area contributed by atoms with Gasteiger partial charge in [0.2, 0.25) is 5.78 Å².